The molecule has 2 aromatic heterocycles. The Kier molecular flexibility index (Phi) is 5.59. The van der Waals surface area contributed by atoms with Crippen molar-refractivity contribution >= 4 is 51.6 Å². The first-order valence-electron chi connectivity index (χ1n) is 10.9. The van der Waals surface area contributed by atoms with Crippen LogP contribution in [0.1, 0.15) is 50.9 Å². The summed E-state index contributed by atoms with van der Waals surface area (Å²) in [5.74, 6) is 0.0370. The molecule has 5 rings (SSSR count). The number of halogens is 2. The van der Waals surface area contributed by atoms with Gasteiger partial charge in [0.2, 0.25) is 5.91 Å². The molecule has 0 spiro atoms. The monoisotopic (exact) mass is 491 g/mol. The quantitative estimate of drug-likeness (QED) is 0.639. The first kappa shape index (κ1) is 22.3. The van der Waals surface area contributed by atoms with Crippen LogP contribution in [-0.2, 0) is 9.95 Å². The highest BCUT2D eigenvalue weighted by atomic mass is 35.5. The summed E-state index contributed by atoms with van der Waals surface area (Å²) < 4.78 is 14.7. The Morgan fingerprint density at radius 1 is 1.44 bits per heavy atom. The molecule has 2 aliphatic heterocycles. The molecule has 0 aromatic carbocycles. The third kappa shape index (κ3) is 3.48. The van der Waals surface area contributed by atoms with E-state index in [9.17, 15) is 9.18 Å². The number of aliphatic imine (C=N–C) groups is 1. The summed E-state index contributed by atoms with van der Waals surface area (Å²) in [6.45, 7) is 4.47. The van der Waals surface area contributed by atoms with E-state index in [0.29, 0.717) is 23.8 Å². The summed E-state index contributed by atoms with van der Waals surface area (Å²) >= 11 is 6.16. The summed E-state index contributed by atoms with van der Waals surface area (Å²) in [6.07, 6.45) is 7.04. The smallest absolute Gasteiger partial charge is 0.223 e. The first-order valence-corrected chi connectivity index (χ1v) is 13.4. The van der Waals surface area contributed by atoms with Crippen molar-refractivity contribution in [1.82, 2.24) is 20.3 Å². The Balaban J connectivity index is 1.42. The number of hydrogen-bond donors (Lipinski definition) is 1. The molecule has 1 amide bonds. The van der Waals surface area contributed by atoms with Crippen LogP contribution in [0.15, 0.2) is 23.5 Å². The second kappa shape index (κ2) is 8.04. The Morgan fingerprint density at radius 2 is 2.25 bits per heavy atom. The molecular formula is C22H25ClFN5OP2. The van der Waals surface area contributed by atoms with Crippen molar-refractivity contribution < 1.29 is 9.18 Å². The SMILES string of the molecule is CCNC(=O)C(C)[C@]1(P)CCC/C(=N\c2nc(C34CP3c3ncc(Cl)cc34)ncc2F)C1. The van der Waals surface area contributed by atoms with Gasteiger partial charge in [0.25, 0.3) is 0 Å². The maximum absolute atomic E-state index is 14.7. The lowest BCUT2D eigenvalue weighted by Crippen LogP contribution is -2.44. The molecule has 0 bridgehead atoms. The minimum atomic E-state index is -0.525. The van der Waals surface area contributed by atoms with Crippen LogP contribution >= 0.6 is 28.8 Å². The fourth-order valence-corrected chi connectivity index (χ4v) is 8.46. The van der Waals surface area contributed by atoms with Gasteiger partial charge in [0, 0.05) is 29.5 Å². The van der Waals surface area contributed by atoms with Gasteiger partial charge in [-0.15, -0.1) is 9.24 Å². The van der Waals surface area contributed by atoms with Crippen LogP contribution in [0.2, 0.25) is 5.02 Å². The molecule has 6 nitrogen and oxygen atoms in total. The van der Waals surface area contributed by atoms with Crippen molar-refractivity contribution in [3.63, 3.8) is 0 Å². The van der Waals surface area contributed by atoms with Crippen molar-refractivity contribution in [1.29, 1.82) is 0 Å². The topological polar surface area (TPSA) is 80.1 Å². The summed E-state index contributed by atoms with van der Waals surface area (Å²) in [5, 5.41) is 2.97. The fraction of sp³-hybridized carbons (Fsp3) is 0.500. The number of nitrogens with zero attached hydrogens (tertiary/aromatic N) is 4. The van der Waals surface area contributed by atoms with Gasteiger partial charge in [0.15, 0.2) is 11.6 Å². The number of amides is 1. The van der Waals surface area contributed by atoms with Crippen molar-refractivity contribution in [2.75, 3.05) is 12.7 Å². The number of carbonyl (C=O) groups excluding carboxylic acids is 1. The van der Waals surface area contributed by atoms with Crippen LogP contribution in [0, 0.1) is 11.7 Å². The molecule has 2 fully saturated rings. The predicted octanol–water partition coefficient (Wildman–Crippen LogP) is 4.07. The highest BCUT2D eigenvalue weighted by Crippen LogP contribution is 2.82. The number of carbonyl (C=O) groups is 1. The lowest BCUT2D eigenvalue weighted by molar-refractivity contribution is -0.125. The summed E-state index contributed by atoms with van der Waals surface area (Å²) in [4.78, 5) is 30.4. The molecule has 1 N–H and O–H groups in total. The molecule has 32 heavy (non-hydrogen) atoms. The lowest BCUT2D eigenvalue weighted by Gasteiger charge is -2.38. The third-order valence-corrected chi connectivity index (χ3v) is 10.9. The Morgan fingerprint density at radius 3 is 3.03 bits per heavy atom. The van der Waals surface area contributed by atoms with Gasteiger partial charge in [-0.3, -0.25) is 9.78 Å². The number of rotatable bonds is 5. The van der Waals surface area contributed by atoms with Crippen LogP contribution in [0.5, 0.6) is 0 Å². The van der Waals surface area contributed by atoms with E-state index < -0.39 is 13.7 Å². The minimum absolute atomic E-state index is 0.0383. The molecule has 4 unspecified atom stereocenters. The van der Waals surface area contributed by atoms with Gasteiger partial charge in [0.05, 0.1) is 21.8 Å². The molecule has 5 atom stereocenters. The maximum Gasteiger partial charge on any atom is 0.223 e. The van der Waals surface area contributed by atoms with Crippen LogP contribution in [0.4, 0.5) is 10.2 Å². The maximum atomic E-state index is 14.7. The highest BCUT2D eigenvalue weighted by molar-refractivity contribution is 7.76. The van der Waals surface area contributed by atoms with E-state index in [1.807, 2.05) is 19.9 Å². The van der Waals surface area contributed by atoms with Gasteiger partial charge < -0.3 is 5.32 Å². The van der Waals surface area contributed by atoms with Gasteiger partial charge in [0.1, 0.15) is 5.82 Å². The van der Waals surface area contributed by atoms with Crippen LogP contribution in [0.25, 0.3) is 0 Å². The molecule has 0 radical (unpaired) electrons. The standard InChI is InChI=1S/C22H25ClFN5OP2/c1-3-25-18(30)12(2)21(31)6-4-5-14(8-21)28-17-16(24)10-27-20(29-17)22-11-32(22)19-15(22)7-13(23)9-26-19/h7,9-10,12H,3-6,8,11,31H2,1-2H3,(H,25,30)/b28-14+/t12?,21-,22?,32?/m0/s1. The average molecular weight is 492 g/mol. The second-order valence-electron chi connectivity index (χ2n) is 8.89. The zero-order chi connectivity index (χ0) is 22.7. The molecule has 1 saturated heterocycles. The lowest BCUT2D eigenvalue weighted by atomic mass is 9.78. The van der Waals surface area contributed by atoms with E-state index in [0.717, 1.165) is 42.1 Å². The van der Waals surface area contributed by atoms with Gasteiger partial charge in [-0.05, 0) is 58.3 Å². The fourth-order valence-electron chi connectivity index (χ4n) is 4.91. The van der Waals surface area contributed by atoms with Crippen LogP contribution in [-0.4, -0.2) is 44.4 Å². The number of pyridine rings is 1. The normalized spacial score (nSPS) is 30.2. The molecule has 10 heteroatoms. The van der Waals surface area contributed by atoms with E-state index in [-0.39, 0.29) is 28.0 Å². The largest absolute Gasteiger partial charge is 0.356 e. The number of hydrogen-bond acceptors (Lipinski definition) is 5. The molecule has 2 aromatic rings. The van der Waals surface area contributed by atoms with Crippen molar-refractivity contribution in [3.05, 3.63) is 40.7 Å². The third-order valence-electron chi connectivity index (χ3n) is 6.89. The first-order chi connectivity index (χ1) is 15.3. The van der Waals surface area contributed by atoms with Gasteiger partial charge in [-0.25, -0.2) is 19.4 Å². The average Bonchev–Trinajstić information content (AvgIpc) is 3.44. The zero-order valence-corrected chi connectivity index (χ0v) is 20.8. The number of nitrogens with one attached hydrogen (secondary N) is 1. The molecule has 3 aliphatic rings. The van der Waals surface area contributed by atoms with Gasteiger partial charge >= 0.3 is 0 Å². The molecule has 1 aliphatic carbocycles. The number of fused-ring (bicyclic) bond motifs is 4. The predicted molar refractivity (Wildman–Crippen MR) is 129 cm³/mol. The summed E-state index contributed by atoms with van der Waals surface area (Å²) in [6, 6.07) is 1.93. The molecule has 1 saturated carbocycles. The van der Waals surface area contributed by atoms with E-state index in [4.69, 9.17) is 11.6 Å². The summed E-state index contributed by atoms with van der Waals surface area (Å²) in [5.41, 5.74) is 3.04. The van der Waals surface area contributed by atoms with Crippen molar-refractivity contribution in [3.8, 4) is 0 Å². The minimum Gasteiger partial charge on any atom is -0.356 e. The van der Waals surface area contributed by atoms with Gasteiger partial charge in [-0.1, -0.05) is 18.5 Å². The second-order valence-corrected chi connectivity index (χ2v) is 12.8. The van der Waals surface area contributed by atoms with E-state index in [1.165, 1.54) is 6.20 Å². The van der Waals surface area contributed by atoms with Gasteiger partial charge in [-0.2, -0.15) is 0 Å². The Labute approximate surface area is 195 Å². The molecule has 4 heterocycles. The molecular weight excluding hydrogens is 467 g/mol. The zero-order valence-electron chi connectivity index (χ0n) is 18.0. The van der Waals surface area contributed by atoms with Crippen LogP contribution < -0.4 is 10.8 Å². The highest BCUT2D eigenvalue weighted by Gasteiger charge is 2.69. The Hall–Kier alpha value is -1.55. The van der Waals surface area contributed by atoms with E-state index in [2.05, 4.69) is 34.5 Å². The van der Waals surface area contributed by atoms with Crippen molar-refractivity contribution in [2.45, 2.75) is 49.8 Å². The number of aromatic nitrogens is 3. The Bertz CT molecular complexity index is 1150. The molecule has 168 valence electrons. The van der Waals surface area contributed by atoms with Crippen molar-refractivity contribution in [2.24, 2.45) is 10.9 Å². The van der Waals surface area contributed by atoms with Crippen LogP contribution in [0.3, 0.4) is 0 Å². The summed E-state index contributed by atoms with van der Waals surface area (Å²) in [7, 11) is 2.45. The van der Waals surface area contributed by atoms with E-state index >= 15 is 0 Å². The van der Waals surface area contributed by atoms with E-state index in [1.54, 1.807) is 6.20 Å².